The maximum absolute atomic E-state index is 12.1. The molecule has 19 heavy (non-hydrogen) atoms. The van der Waals surface area contributed by atoms with Crippen LogP contribution in [0.5, 0.6) is 0 Å². The average molecular weight is 271 g/mol. The third-order valence-corrected chi connectivity index (χ3v) is 3.02. The van der Waals surface area contributed by atoms with Crippen LogP contribution in [0.25, 0.3) is 0 Å². The maximum atomic E-state index is 12.1. The van der Waals surface area contributed by atoms with Crippen LogP contribution < -0.4 is 5.32 Å². The van der Waals surface area contributed by atoms with E-state index in [-0.39, 0.29) is 16.9 Å². The topological polar surface area (TPSA) is 75.6 Å². The quantitative estimate of drug-likeness (QED) is 0.819. The fourth-order valence-corrected chi connectivity index (χ4v) is 2.80. The summed E-state index contributed by atoms with van der Waals surface area (Å²) in [6.07, 6.45) is 0.212. The highest BCUT2D eigenvalue weighted by atomic mass is 16.5. The molecular weight excluding hydrogens is 246 g/mol. The number of carboxylic acid groups (broad SMARTS) is 1. The number of amides is 1. The van der Waals surface area contributed by atoms with Gasteiger partial charge in [0.15, 0.2) is 6.10 Å². The third kappa shape index (κ3) is 5.19. The molecule has 2 atom stereocenters. The molecule has 1 rings (SSSR count). The first-order chi connectivity index (χ1) is 8.50. The van der Waals surface area contributed by atoms with Crippen molar-refractivity contribution in [3.63, 3.8) is 0 Å². The SMILES string of the molecule is CC(C)(C)CC(C)(C)NC(=O)C1CCC(C(=O)O)O1. The average Bonchev–Trinajstić information content (AvgIpc) is 2.60. The van der Waals surface area contributed by atoms with Crippen molar-refractivity contribution in [2.45, 2.75) is 71.6 Å². The monoisotopic (exact) mass is 271 g/mol. The fourth-order valence-electron chi connectivity index (χ4n) is 2.80. The van der Waals surface area contributed by atoms with Crippen LogP contribution in [-0.4, -0.2) is 34.7 Å². The summed E-state index contributed by atoms with van der Waals surface area (Å²) in [6, 6.07) is 0. The molecule has 2 unspecified atom stereocenters. The van der Waals surface area contributed by atoms with E-state index in [9.17, 15) is 9.59 Å². The Hall–Kier alpha value is -1.10. The lowest BCUT2D eigenvalue weighted by Crippen LogP contribution is -2.49. The Balaban J connectivity index is 2.54. The summed E-state index contributed by atoms with van der Waals surface area (Å²) in [5.74, 6) is -1.21. The van der Waals surface area contributed by atoms with E-state index in [1.54, 1.807) is 0 Å². The smallest absolute Gasteiger partial charge is 0.332 e. The summed E-state index contributed by atoms with van der Waals surface area (Å²) >= 11 is 0. The Kier molecular flexibility index (Phi) is 4.61. The molecule has 5 nitrogen and oxygen atoms in total. The van der Waals surface area contributed by atoms with E-state index in [1.807, 2.05) is 13.8 Å². The lowest BCUT2D eigenvalue weighted by molar-refractivity contribution is -0.152. The maximum Gasteiger partial charge on any atom is 0.332 e. The van der Waals surface area contributed by atoms with Crippen molar-refractivity contribution in [3.8, 4) is 0 Å². The Bertz CT molecular complexity index is 357. The molecule has 1 heterocycles. The molecule has 2 N–H and O–H groups in total. The standard InChI is InChI=1S/C14H25NO4/c1-13(2,3)8-14(4,5)15-11(16)9-6-7-10(19-9)12(17)18/h9-10H,6-8H2,1-5H3,(H,15,16)(H,17,18). The Morgan fingerprint density at radius 2 is 1.68 bits per heavy atom. The van der Waals surface area contributed by atoms with E-state index in [0.717, 1.165) is 6.42 Å². The molecule has 1 aliphatic rings. The molecular formula is C14H25NO4. The number of nitrogens with one attached hydrogen (secondary N) is 1. The van der Waals surface area contributed by atoms with Crippen LogP contribution in [0, 0.1) is 5.41 Å². The van der Waals surface area contributed by atoms with Crippen molar-refractivity contribution in [3.05, 3.63) is 0 Å². The molecule has 0 aromatic heterocycles. The van der Waals surface area contributed by atoms with Gasteiger partial charge < -0.3 is 15.2 Å². The van der Waals surface area contributed by atoms with Gasteiger partial charge in [0.05, 0.1) is 0 Å². The van der Waals surface area contributed by atoms with E-state index < -0.39 is 18.2 Å². The van der Waals surface area contributed by atoms with Crippen molar-refractivity contribution < 1.29 is 19.4 Å². The minimum Gasteiger partial charge on any atom is -0.479 e. The highest BCUT2D eigenvalue weighted by molar-refractivity contribution is 5.83. The largest absolute Gasteiger partial charge is 0.479 e. The van der Waals surface area contributed by atoms with Crippen LogP contribution in [0.3, 0.4) is 0 Å². The summed E-state index contributed by atoms with van der Waals surface area (Å²) in [5.41, 5.74) is -0.225. The first-order valence-electron chi connectivity index (χ1n) is 6.70. The predicted molar refractivity (Wildman–Crippen MR) is 71.8 cm³/mol. The Morgan fingerprint density at radius 1 is 1.16 bits per heavy atom. The van der Waals surface area contributed by atoms with Crippen LogP contribution in [0.15, 0.2) is 0 Å². The Morgan fingerprint density at radius 3 is 2.11 bits per heavy atom. The van der Waals surface area contributed by atoms with Gasteiger partial charge in [-0.15, -0.1) is 0 Å². The van der Waals surface area contributed by atoms with Gasteiger partial charge in [-0.1, -0.05) is 20.8 Å². The van der Waals surface area contributed by atoms with Gasteiger partial charge in [0.2, 0.25) is 5.91 Å². The molecule has 0 aliphatic carbocycles. The summed E-state index contributed by atoms with van der Waals surface area (Å²) in [7, 11) is 0. The van der Waals surface area contributed by atoms with Gasteiger partial charge in [-0.2, -0.15) is 0 Å². The summed E-state index contributed by atoms with van der Waals surface area (Å²) in [4.78, 5) is 22.9. The molecule has 1 fully saturated rings. The van der Waals surface area contributed by atoms with E-state index >= 15 is 0 Å². The molecule has 5 heteroatoms. The van der Waals surface area contributed by atoms with Gasteiger partial charge in [-0.05, 0) is 38.5 Å². The highest BCUT2D eigenvalue weighted by Crippen LogP contribution is 2.27. The van der Waals surface area contributed by atoms with Crippen molar-refractivity contribution >= 4 is 11.9 Å². The predicted octanol–water partition coefficient (Wildman–Crippen LogP) is 1.95. The molecule has 1 saturated heterocycles. The van der Waals surface area contributed by atoms with Crippen LogP contribution in [0.2, 0.25) is 0 Å². The van der Waals surface area contributed by atoms with Gasteiger partial charge in [0.25, 0.3) is 0 Å². The van der Waals surface area contributed by atoms with Crippen LogP contribution in [0.1, 0.15) is 53.9 Å². The molecule has 1 aliphatic heterocycles. The lowest BCUT2D eigenvalue weighted by Gasteiger charge is -2.34. The number of aliphatic carboxylic acids is 1. The van der Waals surface area contributed by atoms with E-state index in [2.05, 4.69) is 26.1 Å². The first kappa shape index (κ1) is 16.0. The summed E-state index contributed by atoms with van der Waals surface area (Å²) in [5, 5.41) is 11.8. The summed E-state index contributed by atoms with van der Waals surface area (Å²) in [6.45, 7) is 10.3. The number of hydrogen-bond acceptors (Lipinski definition) is 3. The highest BCUT2D eigenvalue weighted by Gasteiger charge is 2.37. The normalized spacial score (nSPS) is 24.3. The zero-order valence-corrected chi connectivity index (χ0v) is 12.4. The molecule has 0 saturated carbocycles. The zero-order chi connectivity index (χ0) is 14.8. The van der Waals surface area contributed by atoms with E-state index in [4.69, 9.17) is 9.84 Å². The van der Waals surface area contributed by atoms with Crippen LogP contribution in [-0.2, 0) is 14.3 Å². The van der Waals surface area contributed by atoms with E-state index in [0.29, 0.717) is 12.8 Å². The first-order valence-corrected chi connectivity index (χ1v) is 6.70. The molecule has 0 radical (unpaired) electrons. The van der Waals surface area contributed by atoms with Crippen molar-refractivity contribution in [2.75, 3.05) is 0 Å². The lowest BCUT2D eigenvalue weighted by atomic mass is 9.81. The van der Waals surface area contributed by atoms with Gasteiger partial charge in [-0.3, -0.25) is 4.79 Å². The minimum atomic E-state index is -0.996. The van der Waals surface area contributed by atoms with Gasteiger partial charge in [-0.25, -0.2) is 4.79 Å². The van der Waals surface area contributed by atoms with Gasteiger partial charge in [0.1, 0.15) is 6.10 Å². The fraction of sp³-hybridized carbons (Fsp3) is 0.857. The van der Waals surface area contributed by atoms with E-state index in [1.165, 1.54) is 0 Å². The van der Waals surface area contributed by atoms with Crippen molar-refractivity contribution in [1.29, 1.82) is 0 Å². The van der Waals surface area contributed by atoms with Crippen molar-refractivity contribution in [2.24, 2.45) is 5.41 Å². The minimum absolute atomic E-state index is 0.108. The van der Waals surface area contributed by atoms with Gasteiger partial charge in [0, 0.05) is 5.54 Å². The molecule has 0 spiro atoms. The number of carboxylic acids is 1. The Labute approximate surface area is 114 Å². The summed E-state index contributed by atoms with van der Waals surface area (Å²) < 4.78 is 5.25. The van der Waals surface area contributed by atoms with Crippen LogP contribution >= 0.6 is 0 Å². The molecule has 0 aromatic rings. The molecule has 110 valence electrons. The second kappa shape index (κ2) is 5.49. The molecule has 1 amide bonds. The van der Waals surface area contributed by atoms with Crippen molar-refractivity contribution in [1.82, 2.24) is 5.32 Å². The number of hydrogen-bond donors (Lipinski definition) is 2. The number of ether oxygens (including phenoxy) is 1. The number of carbonyl (C=O) groups is 2. The third-order valence-electron chi connectivity index (χ3n) is 3.02. The van der Waals surface area contributed by atoms with Crippen LogP contribution in [0.4, 0.5) is 0 Å². The molecule has 0 bridgehead atoms. The molecule has 0 aromatic carbocycles. The van der Waals surface area contributed by atoms with Gasteiger partial charge >= 0.3 is 5.97 Å². The zero-order valence-electron chi connectivity index (χ0n) is 12.4. The number of carbonyl (C=O) groups excluding carboxylic acids is 1. The number of rotatable bonds is 4. The second-order valence-corrected chi connectivity index (χ2v) is 7.14. The second-order valence-electron chi connectivity index (χ2n) is 7.14.